The SMILES string of the molecule is CC(=O)C1c2cc(O)cc(O)c2OCC1(C)O. The van der Waals surface area contributed by atoms with Gasteiger partial charge in [0.25, 0.3) is 0 Å². The molecule has 1 aliphatic rings. The zero-order valence-corrected chi connectivity index (χ0v) is 9.60. The van der Waals surface area contributed by atoms with Crippen LogP contribution in [0.15, 0.2) is 12.1 Å². The summed E-state index contributed by atoms with van der Waals surface area (Å²) >= 11 is 0. The zero-order valence-electron chi connectivity index (χ0n) is 9.60. The van der Waals surface area contributed by atoms with Gasteiger partial charge in [-0.3, -0.25) is 4.79 Å². The number of benzene rings is 1. The number of Topliss-reactive ketones (excluding diaryl/α,β-unsaturated/α-hetero) is 1. The summed E-state index contributed by atoms with van der Waals surface area (Å²) in [4.78, 5) is 11.6. The van der Waals surface area contributed by atoms with E-state index >= 15 is 0 Å². The molecule has 0 amide bonds. The van der Waals surface area contributed by atoms with E-state index in [1.54, 1.807) is 0 Å². The Morgan fingerprint density at radius 3 is 2.71 bits per heavy atom. The molecule has 2 atom stereocenters. The molecule has 1 aliphatic heterocycles. The fraction of sp³-hybridized carbons (Fsp3) is 0.417. The second kappa shape index (κ2) is 3.63. The Kier molecular flexibility index (Phi) is 2.50. The highest BCUT2D eigenvalue weighted by Gasteiger charge is 2.43. The minimum atomic E-state index is -1.35. The maximum Gasteiger partial charge on any atom is 0.165 e. The van der Waals surface area contributed by atoms with Gasteiger partial charge in [-0.1, -0.05) is 0 Å². The van der Waals surface area contributed by atoms with Crippen LogP contribution in [-0.2, 0) is 4.79 Å². The highest BCUT2D eigenvalue weighted by atomic mass is 16.5. The first-order valence-corrected chi connectivity index (χ1v) is 5.24. The van der Waals surface area contributed by atoms with Gasteiger partial charge in [-0.05, 0) is 19.9 Å². The summed E-state index contributed by atoms with van der Waals surface area (Å²) in [5.74, 6) is -1.32. The zero-order chi connectivity index (χ0) is 12.8. The summed E-state index contributed by atoms with van der Waals surface area (Å²) in [5, 5.41) is 29.2. The first kappa shape index (κ1) is 11.7. The largest absolute Gasteiger partial charge is 0.508 e. The van der Waals surface area contributed by atoms with Crippen LogP contribution < -0.4 is 4.74 Å². The van der Waals surface area contributed by atoms with Gasteiger partial charge in [-0.15, -0.1) is 0 Å². The summed E-state index contributed by atoms with van der Waals surface area (Å²) in [6.07, 6.45) is 0. The van der Waals surface area contributed by atoms with Crippen LogP contribution >= 0.6 is 0 Å². The summed E-state index contributed by atoms with van der Waals surface area (Å²) in [6, 6.07) is 2.46. The third-order valence-electron chi connectivity index (χ3n) is 2.93. The molecule has 5 heteroatoms. The lowest BCUT2D eigenvalue weighted by Gasteiger charge is -2.37. The Balaban J connectivity index is 2.64. The molecule has 1 aromatic rings. The normalized spacial score (nSPS) is 27.1. The molecule has 0 fully saturated rings. The molecule has 1 heterocycles. The molecule has 1 aromatic carbocycles. The molecule has 0 aliphatic carbocycles. The van der Waals surface area contributed by atoms with E-state index in [-0.39, 0.29) is 29.6 Å². The molecule has 3 N–H and O–H groups in total. The Labute approximate surface area is 98.3 Å². The van der Waals surface area contributed by atoms with Gasteiger partial charge in [0.2, 0.25) is 0 Å². The number of carbonyl (C=O) groups excluding carboxylic acids is 1. The van der Waals surface area contributed by atoms with Gasteiger partial charge in [0.1, 0.15) is 23.7 Å². The van der Waals surface area contributed by atoms with Crippen molar-refractivity contribution in [2.45, 2.75) is 25.4 Å². The Morgan fingerprint density at radius 1 is 1.47 bits per heavy atom. The summed E-state index contributed by atoms with van der Waals surface area (Å²) in [5.41, 5.74) is -1.04. The summed E-state index contributed by atoms with van der Waals surface area (Å²) in [7, 11) is 0. The van der Waals surface area contributed by atoms with Gasteiger partial charge in [0, 0.05) is 11.6 Å². The minimum Gasteiger partial charge on any atom is -0.508 e. The molecule has 0 radical (unpaired) electrons. The first-order chi connectivity index (χ1) is 7.83. The highest BCUT2D eigenvalue weighted by Crippen LogP contribution is 2.46. The molecule has 0 spiro atoms. The van der Waals surface area contributed by atoms with Crippen LogP contribution in [0, 0.1) is 0 Å². The second-order valence-electron chi connectivity index (χ2n) is 4.57. The number of aromatic hydroxyl groups is 2. The van der Waals surface area contributed by atoms with Crippen molar-refractivity contribution in [1.29, 1.82) is 0 Å². The van der Waals surface area contributed by atoms with Crippen LogP contribution in [-0.4, -0.2) is 33.3 Å². The lowest BCUT2D eigenvalue weighted by molar-refractivity contribution is -0.127. The predicted molar refractivity (Wildman–Crippen MR) is 59.3 cm³/mol. The van der Waals surface area contributed by atoms with Crippen molar-refractivity contribution < 1.29 is 24.9 Å². The Bertz CT molecular complexity index is 478. The molecule has 92 valence electrons. The van der Waals surface area contributed by atoms with E-state index in [9.17, 15) is 20.1 Å². The van der Waals surface area contributed by atoms with Crippen molar-refractivity contribution in [1.82, 2.24) is 0 Å². The molecule has 17 heavy (non-hydrogen) atoms. The number of rotatable bonds is 1. The molecule has 2 unspecified atom stereocenters. The van der Waals surface area contributed by atoms with E-state index in [0.29, 0.717) is 5.56 Å². The standard InChI is InChI=1S/C12H14O5/c1-6(13)10-8-3-7(14)4-9(15)11(8)17-5-12(10,2)16/h3-4,10,14-16H,5H2,1-2H3. The third-order valence-corrected chi connectivity index (χ3v) is 2.93. The number of ketones is 1. The van der Waals surface area contributed by atoms with Gasteiger partial charge in [0.15, 0.2) is 11.5 Å². The molecule has 2 rings (SSSR count). The molecule has 0 saturated heterocycles. The van der Waals surface area contributed by atoms with Gasteiger partial charge in [-0.25, -0.2) is 0 Å². The van der Waals surface area contributed by atoms with Crippen LogP contribution in [0.1, 0.15) is 25.3 Å². The molecular weight excluding hydrogens is 224 g/mol. The van der Waals surface area contributed by atoms with Crippen molar-refractivity contribution >= 4 is 5.78 Å². The predicted octanol–water partition coefficient (Wildman–Crippen LogP) is 0.914. The lowest BCUT2D eigenvalue weighted by atomic mass is 9.79. The van der Waals surface area contributed by atoms with E-state index in [1.165, 1.54) is 19.9 Å². The van der Waals surface area contributed by atoms with Crippen LogP contribution in [0.4, 0.5) is 0 Å². The average molecular weight is 238 g/mol. The monoisotopic (exact) mass is 238 g/mol. The number of phenols is 2. The third kappa shape index (κ3) is 1.82. The number of carbonyl (C=O) groups is 1. The lowest BCUT2D eigenvalue weighted by Crippen LogP contribution is -2.45. The quantitative estimate of drug-likeness (QED) is 0.677. The number of phenolic OH excluding ortho intramolecular Hbond substituents is 2. The first-order valence-electron chi connectivity index (χ1n) is 5.24. The van der Waals surface area contributed by atoms with E-state index in [2.05, 4.69) is 0 Å². The second-order valence-corrected chi connectivity index (χ2v) is 4.57. The van der Waals surface area contributed by atoms with Gasteiger partial charge >= 0.3 is 0 Å². The number of hydrogen-bond donors (Lipinski definition) is 3. The minimum absolute atomic E-state index is 0.0808. The average Bonchev–Trinajstić information content (AvgIpc) is 2.13. The van der Waals surface area contributed by atoms with E-state index in [4.69, 9.17) is 4.74 Å². The Morgan fingerprint density at radius 2 is 2.12 bits per heavy atom. The molecule has 0 saturated carbocycles. The van der Waals surface area contributed by atoms with Crippen molar-refractivity contribution in [3.8, 4) is 17.2 Å². The smallest absolute Gasteiger partial charge is 0.165 e. The van der Waals surface area contributed by atoms with Crippen LogP contribution in [0.5, 0.6) is 17.2 Å². The number of ether oxygens (including phenoxy) is 1. The highest BCUT2D eigenvalue weighted by molar-refractivity contribution is 5.86. The van der Waals surface area contributed by atoms with E-state index in [1.807, 2.05) is 0 Å². The molecular formula is C12H14O5. The van der Waals surface area contributed by atoms with Gasteiger partial charge in [0.05, 0.1) is 5.92 Å². The van der Waals surface area contributed by atoms with Gasteiger partial charge in [-0.2, -0.15) is 0 Å². The van der Waals surface area contributed by atoms with E-state index in [0.717, 1.165) is 6.07 Å². The van der Waals surface area contributed by atoms with Crippen LogP contribution in [0.25, 0.3) is 0 Å². The number of aliphatic hydroxyl groups is 1. The topological polar surface area (TPSA) is 87.0 Å². The van der Waals surface area contributed by atoms with Gasteiger partial charge < -0.3 is 20.1 Å². The number of hydrogen-bond acceptors (Lipinski definition) is 5. The van der Waals surface area contributed by atoms with Crippen molar-refractivity contribution in [2.75, 3.05) is 6.61 Å². The summed E-state index contributed by atoms with van der Waals surface area (Å²) in [6.45, 7) is 2.76. The van der Waals surface area contributed by atoms with Crippen molar-refractivity contribution in [2.24, 2.45) is 0 Å². The van der Waals surface area contributed by atoms with Crippen LogP contribution in [0.2, 0.25) is 0 Å². The van der Waals surface area contributed by atoms with Crippen molar-refractivity contribution in [3.63, 3.8) is 0 Å². The fourth-order valence-corrected chi connectivity index (χ4v) is 2.29. The maximum atomic E-state index is 11.6. The van der Waals surface area contributed by atoms with Crippen molar-refractivity contribution in [3.05, 3.63) is 17.7 Å². The summed E-state index contributed by atoms with van der Waals surface area (Å²) < 4.78 is 5.24. The van der Waals surface area contributed by atoms with Crippen LogP contribution in [0.3, 0.4) is 0 Å². The van der Waals surface area contributed by atoms with E-state index < -0.39 is 11.5 Å². The fourth-order valence-electron chi connectivity index (χ4n) is 2.29. The number of fused-ring (bicyclic) bond motifs is 1. The molecule has 0 aromatic heterocycles. The maximum absolute atomic E-state index is 11.6. The molecule has 0 bridgehead atoms. The molecule has 5 nitrogen and oxygen atoms in total. The Hall–Kier alpha value is -1.75.